The van der Waals surface area contributed by atoms with E-state index in [-0.39, 0.29) is 5.56 Å². The number of Topliss-reactive ketones (excluding diaryl/α,β-unsaturated/α-hetero) is 1. The lowest BCUT2D eigenvalue weighted by atomic mass is 9.87. The van der Waals surface area contributed by atoms with E-state index < -0.39 is 46.1 Å². The molecule has 0 amide bonds. The van der Waals surface area contributed by atoms with Crippen molar-refractivity contribution in [3.63, 3.8) is 0 Å². The number of oxime groups is 1. The number of hydrogen-bond donors (Lipinski definition) is 2. The Balaban J connectivity index is 2.26. The van der Waals surface area contributed by atoms with Gasteiger partial charge in [0.25, 0.3) is 5.56 Å². The summed E-state index contributed by atoms with van der Waals surface area (Å²) in [6.45, 7) is 3.55. The highest BCUT2D eigenvalue weighted by Crippen LogP contribution is 2.26. The molecule has 32 heavy (non-hydrogen) atoms. The van der Waals surface area contributed by atoms with Crippen LogP contribution in [0.25, 0.3) is 5.69 Å². The molecule has 3 rings (SSSR count). The van der Waals surface area contributed by atoms with Crippen molar-refractivity contribution in [1.29, 1.82) is 0 Å². The standard InChI is InChI=1S/C23H18F2N2O5/c1-12-4-3-5-13(2)21(12)27-11-14(6-9-18(27)28)19(20(26-32)23(30)31)22(29)16-8-7-15(24)10-17(16)25/h3-11,19,32H,1-2H3,(H,30,31). The van der Waals surface area contributed by atoms with E-state index in [9.17, 15) is 33.5 Å². The number of benzene rings is 2. The number of aryl methyl sites for hydroxylation is 2. The highest BCUT2D eigenvalue weighted by Gasteiger charge is 2.34. The van der Waals surface area contributed by atoms with Crippen LogP contribution in [-0.2, 0) is 4.79 Å². The Kier molecular flexibility index (Phi) is 6.29. The maximum Gasteiger partial charge on any atom is 0.354 e. The number of aliphatic carboxylic acids is 1. The number of nitrogens with zero attached hydrogens (tertiary/aromatic N) is 2. The van der Waals surface area contributed by atoms with Crippen LogP contribution in [0.2, 0.25) is 0 Å². The Morgan fingerprint density at radius 1 is 1.03 bits per heavy atom. The number of carboxylic acid groups (broad SMARTS) is 1. The minimum Gasteiger partial charge on any atom is -0.477 e. The van der Waals surface area contributed by atoms with Gasteiger partial charge in [0.15, 0.2) is 11.5 Å². The van der Waals surface area contributed by atoms with Crippen LogP contribution in [0.4, 0.5) is 8.78 Å². The summed E-state index contributed by atoms with van der Waals surface area (Å²) in [4.78, 5) is 37.4. The molecule has 9 heteroatoms. The van der Waals surface area contributed by atoms with E-state index >= 15 is 0 Å². The fourth-order valence-electron chi connectivity index (χ4n) is 3.54. The lowest BCUT2D eigenvalue weighted by Crippen LogP contribution is -2.31. The molecule has 0 aliphatic rings. The van der Waals surface area contributed by atoms with Crippen LogP contribution in [0.1, 0.15) is 33.0 Å². The van der Waals surface area contributed by atoms with Gasteiger partial charge in [-0.3, -0.25) is 14.2 Å². The fraction of sp³-hybridized carbons (Fsp3) is 0.130. The average molecular weight is 440 g/mol. The van der Waals surface area contributed by atoms with E-state index in [4.69, 9.17) is 0 Å². The first-order chi connectivity index (χ1) is 15.1. The number of hydrogen-bond acceptors (Lipinski definition) is 5. The van der Waals surface area contributed by atoms with Gasteiger partial charge in [-0.25, -0.2) is 13.6 Å². The number of halogens is 2. The van der Waals surface area contributed by atoms with Crippen molar-refractivity contribution in [3.05, 3.63) is 99.0 Å². The smallest absolute Gasteiger partial charge is 0.354 e. The van der Waals surface area contributed by atoms with Crippen LogP contribution < -0.4 is 5.56 Å². The molecule has 0 aliphatic heterocycles. The molecule has 7 nitrogen and oxygen atoms in total. The largest absolute Gasteiger partial charge is 0.477 e. The Hall–Kier alpha value is -4.14. The first kappa shape index (κ1) is 22.5. The van der Waals surface area contributed by atoms with E-state index in [1.165, 1.54) is 16.8 Å². The SMILES string of the molecule is Cc1cccc(C)c1-n1cc(C(C(=O)c2ccc(F)cc2F)C(=NO)C(=O)O)ccc1=O. The maximum atomic E-state index is 14.3. The lowest BCUT2D eigenvalue weighted by Gasteiger charge is -2.19. The lowest BCUT2D eigenvalue weighted by molar-refractivity contribution is -0.129. The third-order valence-corrected chi connectivity index (χ3v) is 5.01. The van der Waals surface area contributed by atoms with Crippen LogP contribution in [0.3, 0.4) is 0 Å². The topological polar surface area (TPSA) is 109 Å². The number of rotatable bonds is 6. The quantitative estimate of drug-likeness (QED) is 0.263. The summed E-state index contributed by atoms with van der Waals surface area (Å²) in [5.41, 5.74) is -0.0540. The summed E-state index contributed by atoms with van der Waals surface area (Å²) in [6, 6.07) is 9.88. The van der Waals surface area contributed by atoms with Crippen molar-refractivity contribution < 1.29 is 28.7 Å². The summed E-state index contributed by atoms with van der Waals surface area (Å²) in [5, 5.41) is 21.5. The number of para-hydroxylation sites is 1. The van der Waals surface area contributed by atoms with Gasteiger partial charge in [-0.15, -0.1) is 0 Å². The van der Waals surface area contributed by atoms with Gasteiger partial charge in [0.2, 0.25) is 0 Å². The van der Waals surface area contributed by atoms with Crippen LogP contribution in [0, 0.1) is 25.5 Å². The van der Waals surface area contributed by atoms with Gasteiger partial charge >= 0.3 is 5.97 Å². The average Bonchev–Trinajstić information content (AvgIpc) is 2.72. The van der Waals surface area contributed by atoms with E-state index in [2.05, 4.69) is 5.16 Å². The molecule has 0 aliphatic carbocycles. The summed E-state index contributed by atoms with van der Waals surface area (Å²) in [6.07, 6.45) is 1.25. The molecule has 1 atom stereocenters. The molecule has 0 saturated carbocycles. The number of carbonyl (C=O) groups is 2. The molecule has 1 unspecified atom stereocenters. The van der Waals surface area contributed by atoms with Crippen molar-refractivity contribution in [2.24, 2.45) is 5.16 Å². The second-order valence-corrected chi connectivity index (χ2v) is 7.12. The predicted molar refractivity (Wildman–Crippen MR) is 112 cm³/mol. The van der Waals surface area contributed by atoms with Crippen molar-refractivity contribution >= 4 is 17.5 Å². The zero-order valence-electron chi connectivity index (χ0n) is 17.0. The third-order valence-electron chi connectivity index (χ3n) is 5.01. The van der Waals surface area contributed by atoms with Crippen LogP contribution >= 0.6 is 0 Å². The Morgan fingerprint density at radius 3 is 2.25 bits per heavy atom. The molecule has 1 heterocycles. The van der Waals surface area contributed by atoms with E-state index in [0.29, 0.717) is 11.8 Å². The zero-order chi connectivity index (χ0) is 23.6. The predicted octanol–water partition coefficient (Wildman–Crippen LogP) is 3.61. The number of aromatic nitrogens is 1. The van der Waals surface area contributed by atoms with E-state index in [0.717, 1.165) is 29.3 Å². The van der Waals surface area contributed by atoms with Gasteiger partial charge < -0.3 is 10.3 Å². The monoisotopic (exact) mass is 440 g/mol. The van der Waals surface area contributed by atoms with Crippen LogP contribution in [-0.4, -0.2) is 32.3 Å². The first-order valence-electron chi connectivity index (χ1n) is 9.39. The Bertz CT molecular complexity index is 1290. The molecular weight excluding hydrogens is 422 g/mol. The van der Waals surface area contributed by atoms with Crippen LogP contribution in [0.5, 0.6) is 0 Å². The third kappa shape index (κ3) is 4.18. The second kappa shape index (κ2) is 8.93. The Morgan fingerprint density at radius 2 is 1.69 bits per heavy atom. The van der Waals surface area contributed by atoms with Crippen LogP contribution in [0.15, 0.2) is 64.7 Å². The van der Waals surface area contributed by atoms with Crippen molar-refractivity contribution in [2.75, 3.05) is 0 Å². The number of pyridine rings is 1. The normalized spacial score (nSPS) is 12.4. The van der Waals surface area contributed by atoms with Crippen molar-refractivity contribution in [3.8, 4) is 5.69 Å². The molecule has 2 aromatic carbocycles. The number of carboxylic acids is 1. The molecular formula is C23H18F2N2O5. The number of carbonyl (C=O) groups excluding carboxylic acids is 1. The van der Waals surface area contributed by atoms with E-state index in [1.54, 1.807) is 32.0 Å². The molecule has 0 saturated heterocycles. The van der Waals surface area contributed by atoms with E-state index in [1.807, 2.05) is 0 Å². The minimum absolute atomic E-state index is 0.0313. The summed E-state index contributed by atoms with van der Waals surface area (Å²) < 4.78 is 28.8. The highest BCUT2D eigenvalue weighted by molar-refractivity contribution is 6.43. The number of ketones is 1. The van der Waals surface area contributed by atoms with Gasteiger partial charge in [-0.2, -0.15) is 0 Å². The summed E-state index contributed by atoms with van der Waals surface area (Å²) >= 11 is 0. The van der Waals surface area contributed by atoms with Gasteiger partial charge in [-0.05, 0) is 42.7 Å². The molecule has 164 valence electrons. The highest BCUT2D eigenvalue weighted by atomic mass is 19.1. The molecule has 0 fully saturated rings. The minimum atomic E-state index is -1.77. The molecule has 1 aromatic heterocycles. The Labute approximate surface area is 180 Å². The van der Waals surface area contributed by atoms with Gasteiger partial charge in [-0.1, -0.05) is 29.4 Å². The fourth-order valence-corrected chi connectivity index (χ4v) is 3.54. The second-order valence-electron chi connectivity index (χ2n) is 7.12. The maximum absolute atomic E-state index is 14.3. The van der Waals surface area contributed by atoms with Gasteiger partial charge in [0, 0.05) is 18.3 Å². The van der Waals surface area contributed by atoms with Crippen molar-refractivity contribution in [2.45, 2.75) is 19.8 Å². The summed E-state index contributed by atoms with van der Waals surface area (Å²) in [5.74, 6) is -6.70. The molecule has 0 spiro atoms. The molecule has 3 aromatic rings. The first-order valence-corrected chi connectivity index (χ1v) is 9.39. The summed E-state index contributed by atoms with van der Waals surface area (Å²) in [7, 11) is 0. The van der Waals surface area contributed by atoms with Gasteiger partial charge in [0.05, 0.1) is 11.3 Å². The molecule has 0 radical (unpaired) electrons. The zero-order valence-corrected chi connectivity index (χ0v) is 17.0. The van der Waals surface area contributed by atoms with Crippen molar-refractivity contribution in [1.82, 2.24) is 4.57 Å². The molecule has 0 bridgehead atoms. The van der Waals surface area contributed by atoms with Gasteiger partial charge in [0.1, 0.15) is 17.6 Å². The molecule has 2 N–H and O–H groups in total.